The molecule has 1 atom stereocenters. The predicted octanol–water partition coefficient (Wildman–Crippen LogP) is 6.03. The molecule has 184 valence electrons. The number of aromatic nitrogens is 3. The molecule has 1 heterocycles. The summed E-state index contributed by atoms with van der Waals surface area (Å²) in [6.45, 7) is 9.79. The van der Waals surface area contributed by atoms with E-state index in [1.807, 2.05) is 94.4 Å². The average molecular weight is 482 g/mol. The summed E-state index contributed by atoms with van der Waals surface area (Å²) < 4.78 is 0. The number of nitrogens with zero attached hydrogens (tertiary/aromatic N) is 3. The van der Waals surface area contributed by atoms with E-state index in [-0.39, 0.29) is 11.9 Å². The number of carbonyl (C=O) groups excluding carboxylic acids is 1. The molecule has 0 radical (unpaired) electrons. The van der Waals surface area contributed by atoms with Crippen molar-refractivity contribution in [1.29, 1.82) is 0 Å². The monoisotopic (exact) mass is 481 g/mol. The molecule has 1 aromatic heterocycles. The molecule has 4 N–H and O–H groups in total. The highest BCUT2D eigenvalue weighted by Gasteiger charge is 2.17. The van der Waals surface area contributed by atoms with Crippen molar-refractivity contribution in [1.82, 2.24) is 15.0 Å². The number of hydrogen-bond acceptors (Lipinski definition) is 7. The Balaban J connectivity index is 1.56. The van der Waals surface area contributed by atoms with Crippen molar-refractivity contribution in [3.63, 3.8) is 0 Å². The predicted molar refractivity (Wildman–Crippen MR) is 146 cm³/mol. The van der Waals surface area contributed by atoms with Gasteiger partial charge in [0.25, 0.3) is 0 Å². The number of aryl methyl sites for hydroxylation is 4. The van der Waals surface area contributed by atoms with E-state index in [2.05, 4.69) is 36.2 Å². The van der Waals surface area contributed by atoms with Gasteiger partial charge in [-0.1, -0.05) is 47.5 Å². The van der Waals surface area contributed by atoms with Crippen LogP contribution >= 0.6 is 0 Å². The molecule has 0 bridgehead atoms. The number of carbonyl (C=O) groups is 1. The molecule has 36 heavy (non-hydrogen) atoms. The van der Waals surface area contributed by atoms with Crippen LogP contribution in [0, 0.1) is 27.7 Å². The molecular weight excluding hydrogens is 450 g/mol. The van der Waals surface area contributed by atoms with Gasteiger partial charge in [0.1, 0.15) is 6.04 Å². The first kappa shape index (κ1) is 24.7. The highest BCUT2D eigenvalue weighted by atomic mass is 16.2. The zero-order valence-electron chi connectivity index (χ0n) is 21.2. The highest BCUT2D eigenvalue weighted by molar-refractivity contribution is 5.96. The normalized spacial score (nSPS) is 11.5. The first-order valence-electron chi connectivity index (χ1n) is 11.8. The number of anilines is 6. The molecule has 1 unspecified atom stereocenters. The fraction of sp³-hybridized carbons (Fsp3) is 0.214. The first-order valence-corrected chi connectivity index (χ1v) is 11.8. The van der Waals surface area contributed by atoms with Gasteiger partial charge in [-0.25, -0.2) is 0 Å². The van der Waals surface area contributed by atoms with Crippen molar-refractivity contribution < 1.29 is 4.79 Å². The van der Waals surface area contributed by atoms with Crippen molar-refractivity contribution in [3.8, 4) is 0 Å². The molecule has 1 amide bonds. The Kier molecular flexibility index (Phi) is 7.44. The molecule has 0 saturated carbocycles. The summed E-state index contributed by atoms with van der Waals surface area (Å²) in [5.74, 6) is 0.796. The lowest BCUT2D eigenvalue weighted by molar-refractivity contribution is -0.116. The molecule has 0 aliphatic rings. The van der Waals surface area contributed by atoms with Crippen LogP contribution in [0.25, 0.3) is 0 Å². The van der Waals surface area contributed by atoms with Crippen LogP contribution in [0.15, 0.2) is 66.7 Å². The summed E-state index contributed by atoms with van der Waals surface area (Å²) >= 11 is 0. The lowest BCUT2D eigenvalue weighted by atomic mass is 10.1. The molecule has 4 aromatic rings. The van der Waals surface area contributed by atoms with Crippen molar-refractivity contribution in [3.05, 3.63) is 89.0 Å². The Labute approximate surface area is 211 Å². The van der Waals surface area contributed by atoms with E-state index in [9.17, 15) is 4.79 Å². The van der Waals surface area contributed by atoms with Gasteiger partial charge in [-0.05, 0) is 76.1 Å². The molecule has 8 nitrogen and oxygen atoms in total. The van der Waals surface area contributed by atoms with Gasteiger partial charge in [0.2, 0.25) is 23.8 Å². The van der Waals surface area contributed by atoms with Gasteiger partial charge in [0.05, 0.1) is 0 Å². The van der Waals surface area contributed by atoms with Crippen molar-refractivity contribution in [2.24, 2.45) is 0 Å². The van der Waals surface area contributed by atoms with Gasteiger partial charge >= 0.3 is 0 Å². The molecule has 0 spiro atoms. The van der Waals surface area contributed by atoms with Crippen molar-refractivity contribution in [2.45, 2.75) is 40.7 Å². The maximum atomic E-state index is 12.9. The maximum Gasteiger partial charge on any atom is 0.246 e. The number of hydrogen-bond donors (Lipinski definition) is 4. The van der Waals surface area contributed by atoms with E-state index in [0.29, 0.717) is 11.9 Å². The summed E-state index contributed by atoms with van der Waals surface area (Å²) in [6.07, 6.45) is 0. The third-order valence-corrected chi connectivity index (χ3v) is 5.64. The van der Waals surface area contributed by atoms with Gasteiger partial charge in [-0.15, -0.1) is 0 Å². The second-order valence-corrected chi connectivity index (χ2v) is 8.96. The smallest absolute Gasteiger partial charge is 0.246 e. The van der Waals surface area contributed by atoms with Crippen LogP contribution < -0.4 is 21.3 Å². The first-order chi connectivity index (χ1) is 17.2. The fourth-order valence-corrected chi connectivity index (χ4v) is 3.45. The van der Waals surface area contributed by atoms with Gasteiger partial charge in [0.15, 0.2) is 0 Å². The molecular formula is C28H31N7O. The van der Waals surface area contributed by atoms with Crippen LogP contribution in [0.1, 0.15) is 29.2 Å². The minimum atomic E-state index is -0.591. The van der Waals surface area contributed by atoms with E-state index in [4.69, 9.17) is 0 Å². The van der Waals surface area contributed by atoms with Crippen LogP contribution in [0.5, 0.6) is 0 Å². The Morgan fingerprint density at radius 1 is 0.667 bits per heavy atom. The molecule has 0 fully saturated rings. The van der Waals surface area contributed by atoms with Crippen LogP contribution in [0.2, 0.25) is 0 Å². The largest absolute Gasteiger partial charge is 0.342 e. The zero-order valence-corrected chi connectivity index (χ0v) is 21.2. The van der Waals surface area contributed by atoms with E-state index in [1.54, 1.807) is 6.92 Å². The Hall–Kier alpha value is -4.46. The number of rotatable bonds is 8. The number of amides is 1. The second-order valence-electron chi connectivity index (χ2n) is 8.96. The summed E-state index contributed by atoms with van der Waals surface area (Å²) in [4.78, 5) is 26.5. The van der Waals surface area contributed by atoms with Gasteiger partial charge in [-0.2, -0.15) is 15.0 Å². The van der Waals surface area contributed by atoms with Crippen molar-refractivity contribution in [2.75, 3.05) is 21.3 Å². The van der Waals surface area contributed by atoms with E-state index >= 15 is 0 Å². The third-order valence-electron chi connectivity index (χ3n) is 5.64. The minimum absolute atomic E-state index is 0.190. The van der Waals surface area contributed by atoms with Gasteiger partial charge < -0.3 is 21.3 Å². The third kappa shape index (κ3) is 6.56. The van der Waals surface area contributed by atoms with Gasteiger partial charge in [0, 0.05) is 17.1 Å². The average Bonchev–Trinajstić information content (AvgIpc) is 2.84. The second kappa shape index (κ2) is 10.9. The lowest BCUT2D eigenvalue weighted by Crippen LogP contribution is -2.33. The van der Waals surface area contributed by atoms with Crippen molar-refractivity contribution >= 4 is 40.8 Å². The zero-order chi connectivity index (χ0) is 25.7. The Morgan fingerprint density at radius 3 is 1.67 bits per heavy atom. The molecule has 0 saturated heterocycles. The summed E-state index contributed by atoms with van der Waals surface area (Å²) in [5.41, 5.74) is 6.86. The lowest BCUT2D eigenvalue weighted by Gasteiger charge is -2.17. The molecule has 8 heteroatoms. The van der Waals surface area contributed by atoms with Crippen LogP contribution in [-0.4, -0.2) is 26.9 Å². The topological polar surface area (TPSA) is 104 Å². The quantitative estimate of drug-likeness (QED) is 0.243. The fourth-order valence-electron chi connectivity index (χ4n) is 3.45. The highest BCUT2D eigenvalue weighted by Crippen LogP contribution is 2.21. The van der Waals surface area contributed by atoms with Crippen LogP contribution in [0.4, 0.5) is 34.9 Å². The summed E-state index contributed by atoms with van der Waals surface area (Å²) in [5, 5.41) is 12.5. The minimum Gasteiger partial charge on any atom is -0.342 e. The Morgan fingerprint density at radius 2 is 1.14 bits per heavy atom. The van der Waals surface area contributed by atoms with Gasteiger partial charge in [-0.3, -0.25) is 4.79 Å². The summed E-state index contributed by atoms with van der Waals surface area (Å²) in [7, 11) is 0. The maximum absolute atomic E-state index is 12.9. The molecule has 3 aromatic carbocycles. The van der Waals surface area contributed by atoms with Crippen LogP contribution in [0.3, 0.4) is 0 Å². The van der Waals surface area contributed by atoms with E-state index in [0.717, 1.165) is 39.3 Å². The molecule has 4 rings (SSSR count). The number of nitrogens with one attached hydrogen (secondary N) is 4. The van der Waals surface area contributed by atoms with E-state index in [1.165, 1.54) is 0 Å². The Bertz CT molecular complexity index is 1290. The standard InChI is InChI=1S/C28H31N7O/c1-17-7-12-22(13-8-17)30-27-33-26(34-28(35-27)31-23-14-9-18(2)10-15-23)29-21(5)25(36)32-24-16-19(3)6-11-20(24)4/h6-16,21H,1-5H3,(H,32,36)(H3,29,30,31,33,34,35). The summed E-state index contributed by atoms with van der Waals surface area (Å²) in [6, 6.07) is 21.2. The SMILES string of the molecule is Cc1ccc(Nc2nc(Nc3ccc(C)cc3)nc(NC(C)C(=O)Nc3cc(C)ccc3C)n2)cc1. The van der Waals surface area contributed by atoms with Crippen LogP contribution in [-0.2, 0) is 4.79 Å². The molecule has 0 aliphatic carbocycles. The van der Waals surface area contributed by atoms with E-state index < -0.39 is 6.04 Å². The number of benzene rings is 3. The molecule has 0 aliphatic heterocycles.